The highest BCUT2D eigenvalue weighted by atomic mass is 35.5. The average Bonchev–Trinajstić information content (AvgIpc) is 2.55. The number of carbonyl (C=O) groups excluding carboxylic acids is 3. The van der Waals surface area contributed by atoms with Crippen LogP contribution >= 0.6 is 11.6 Å². The number of hydrogen-bond acceptors (Lipinski definition) is 4. The number of carbonyl (C=O) groups is 3. The van der Waals surface area contributed by atoms with Crippen molar-refractivity contribution in [2.24, 2.45) is 0 Å². The second-order valence-corrected chi connectivity index (χ2v) is 6.24. The lowest BCUT2D eigenvalue weighted by Gasteiger charge is -2.13. The van der Waals surface area contributed by atoms with E-state index in [2.05, 4.69) is 10.6 Å². The third-order valence-electron chi connectivity index (χ3n) is 3.27. The number of anilines is 2. The zero-order chi connectivity index (χ0) is 19.3. The minimum Gasteiger partial charge on any atom is -0.459 e. The van der Waals surface area contributed by atoms with E-state index < -0.39 is 11.9 Å². The Labute approximate surface area is 156 Å². The Kier molecular flexibility index (Phi) is 6.36. The summed E-state index contributed by atoms with van der Waals surface area (Å²) < 4.78 is 5.14. The summed E-state index contributed by atoms with van der Waals surface area (Å²) in [6.45, 7) is 4.83. The molecule has 2 aromatic rings. The van der Waals surface area contributed by atoms with E-state index in [1.54, 1.807) is 44.2 Å². The molecular formula is C19H19ClN2O4. The predicted octanol–water partition coefficient (Wildman–Crippen LogP) is 4.12. The summed E-state index contributed by atoms with van der Waals surface area (Å²) in [6, 6.07) is 11.2. The van der Waals surface area contributed by atoms with Crippen molar-refractivity contribution in [3.8, 4) is 0 Å². The van der Waals surface area contributed by atoms with E-state index in [1.807, 2.05) is 0 Å². The van der Waals surface area contributed by atoms with Crippen LogP contribution in [0, 0.1) is 0 Å². The SMILES string of the molecule is CC(=O)Nc1ccccc1C(=O)Nc1ccc(Cl)c(C(=O)OC(C)C)c1. The van der Waals surface area contributed by atoms with E-state index in [1.165, 1.54) is 19.1 Å². The number of amides is 2. The Morgan fingerprint density at radius 3 is 2.35 bits per heavy atom. The van der Waals surface area contributed by atoms with Crippen molar-refractivity contribution in [1.82, 2.24) is 0 Å². The Hall–Kier alpha value is -2.86. The van der Waals surface area contributed by atoms with Crippen LogP contribution in [0.15, 0.2) is 42.5 Å². The van der Waals surface area contributed by atoms with Gasteiger partial charge in [-0.05, 0) is 44.2 Å². The number of nitrogens with one attached hydrogen (secondary N) is 2. The van der Waals surface area contributed by atoms with Gasteiger partial charge in [0.15, 0.2) is 0 Å². The van der Waals surface area contributed by atoms with Crippen LogP contribution in [-0.2, 0) is 9.53 Å². The fourth-order valence-electron chi connectivity index (χ4n) is 2.22. The van der Waals surface area contributed by atoms with Crippen LogP contribution in [-0.4, -0.2) is 23.9 Å². The van der Waals surface area contributed by atoms with E-state index in [-0.39, 0.29) is 22.6 Å². The Morgan fingerprint density at radius 1 is 1.00 bits per heavy atom. The molecule has 0 atom stereocenters. The number of rotatable bonds is 5. The van der Waals surface area contributed by atoms with Crippen LogP contribution in [0.2, 0.25) is 5.02 Å². The molecule has 136 valence electrons. The molecule has 26 heavy (non-hydrogen) atoms. The standard InChI is InChI=1S/C19H19ClN2O4/c1-11(2)26-19(25)15-10-13(8-9-16(15)20)22-18(24)14-6-4-5-7-17(14)21-12(3)23/h4-11H,1-3H3,(H,21,23)(H,22,24). The van der Waals surface area contributed by atoms with Crippen LogP contribution in [0.4, 0.5) is 11.4 Å². The third kappa shape index (κ3) is 5.07. The van der Waals surface area contributed by atoms with Crippen molar-refractivity contribution >= 4 is 40.8 Å². The monoisotopic (exact) mass is 374 g/mol. The molecule has 7 heteroatoms. The van der Waals surface area contributed by atoms with Gasteiger partial charge in [-0.15, -0.1) is 0 Å². The van der Waals surface area contributed by atoms with Gasteiger partial charge in [-0.2, -0.15) is 0 Å². The molecule has 0 aliphatic carbocycles. The van der Waals surface area contributed by atoms with E-state index in [0.717, 1.165) is 0 Å². The smallest absolute Gasteiger partial charge is 0.339 e. The first kappa shape index (κ1) is 19.5. The van der Waals surface area contributed by atoms with Crippen molar-refractivity contribution in [3.05, 3.63) is 58.6 Å². The van der Waals surface area contributed by atoms with Gasteiger partial charge in [0.1, 0.15) is 0 Å². The molecule has 0 aliphatic rings. The van der Waals surface area contributed by atoms with E-state index in [4.69, 9.17) is 16.3 Å². The maximum absolute atomic E-state index is 12.5. The molecule has 0 aliphatic heterocycles. The highest BCUT2D eigenvalue weighted by Gasteiger charge is 2.16. The molecular weight excluding hydrogens is 356 g/mol. The first-order valence-corrected chi connectivity index (χ1v) is 8.34. The molecule has 2 rings (SSSR count). The van der Waals surface area contributed by atoms with Gasteiger partial charge in [0.25, 0.3) is 5.91 Å². The summed E-state index contributed by atoms with van der Waals surface area (Å²) in [6.07, 6.45) is -0.290. The second-order valence-electron chi connectivity index (χ2n) is 5.83. The maximum atomic E-state index is 12.5. The zero-order valence-corrected chi connectivity index (χ0v) is 15.4. The molecule has 0 bridgehead atoms. The Bertz CT molecular complexity index is 849. The van der Waals surface area contributed by atoms with Crippen LogP contribution in [0.1, 0.15) is 41.5 Å². The number of ether oxygens (including phenoxy) is 1. The topological polar surface area (TPSA) is 84.5 Å². The van der Waals surface area contributed by atoms with Crippen LogP contribution in [0.5, 0.6) is 0 Å². The average molecular weight is 375 g/mol. The Morgan fingerprint density at radius 2 is 1.69 bits per heavy atom. The quantitative estimate of drug-likeness (QED) is 0.771. The summed E-state index contributed by atoms with van der Waals surface area (Å²) >= 11 is 6.05. The molecule has 2 amide bonds. The number of para-hydroxylation sites is 1. The minimum atomic E-state index is -0.570. The molecule has 0 spiro atoms. The number of halogens is 1. The normalized spacial score (nSPS) is 10.3. The van der Waals surface area contributed by atoms with Crippen molar-refractivity contribution < 1.29 is 19.1 Å². The fourth-order valence-corrected chi connectivity index (χ4v) is 2.41. The third-order valence-corrected chi connectivity index (χ3v) is 3.60. The lowest BCUT2D eigenvalue weighted by molar-refractivity contribution is -0.114. The van der Waals surface area contributed by atoms with Gasteiger partial charge in [0, 0.05) is 12.6 Å². The molecule has 0 fully saturated rings. The molecule has 0 saturated carbocycles. The Balaban J connectivity index is 2.25. The molecule has 0 saturated heterocycles. The van der Waals surface area contributed by atoms with E-state index in [0.29, 0.717) is 16.9 Å². The summed E-state index contributed by atoms with van der Waals surface area (Å²) in [5.41, 5.74) is 1.23. The van der Waals surface area contributed by atoms with E-state index >= 15 is 0 Å². The van der Waals surface area contributed by atoms with Gasteiger partial charge < -0.3 is 15.4 Å². The molecule has 0 radical (unpaired) electrons. The predicted molar refractivity (Wildman–Crippen MR) is 101 cm³/mol. The van der Waals surface area contributed by atoms with Crippen molar-refractivity contribution in [1.29, 1.82) is 0 Å². The van der Waals surface area contributed by atoms with Gasteiger partial charge in [0.2, 0.25) is 5.91 Å². The molecule has 0 unspecified atom stereocenters. The number of benzene rings is 2. The van der Waals surface area contributed by atoms with Gasteiger partial charge in [-0.25, -0.2) is 4.79 Å². The summed E-state index contributed by atoms with van der Waals surface area (Å²) in [4.78, 5) is 35.9. The van der Waals surface area contributed by atoms with Crippen LogP contribution in [0.3, 0.4) is 0 Å². The van der Waals surface area contributed by atoms with E-state index in [9.17, 15) is 14.4 Å². The number of hydrogen-bond donors (Lipinski definition) is 2. The second kappa shape index (κ2) is 8.49. The zero-order valence-electron chi connectivity index (χ0n) is 14.6. The lowest BCUT2D eigenvalue weighted by atomic mass is 10.1. The molecule has 6 nitrogen and oxygen atoms in total. The van der Waals surface area contributed by atoms with Crippen molar-refractivity contribution in [2.45, 2.75) is 26.9 Å². The number of esters is 1. The van der Waals surface area contributed by atoms with Gasteiger partial charge >= 0.3 is 5.97 Å². The maximum Gasteiger partial charge on any atom is 0.339 e. The molecule has 2 N–H and O–H groups in total. The van der Waals surface area contributed by atoms with Gasteiger partial charge in [0.05, 0.1) is 27.9 Å². The first-order valence-electron chi connectivity index (χ1n) is 7.96. The summed E-state index contributed by atoms with van der Waals surface area (Å²) in [5, 5.41) is 5.53. The van der Waals surface area contributed by atoms with Crippen molar-refractivity contribution in [2.75, 3.05) is 10.6 Å². The molecule has 2 aromatic carbocycles. The summed E-state index contributed by atoms with van der Waals surface area (Å²) in [5.74, 6) is -1.28. The van der Waals surface area contributed by atoms with Gasteiger partial charge in [-0.1, -0.05) is 23.7 Å². The van der Waals surface area contributed by atoms with Crippen molar-refractivity contribution in [3.63, 3.8) is 0 Å². The largest absolute Gasteiger partial charge is 0.459 e. The lowest BCUT2D eigenvalue weighted by Crippen LogP contribution is -2.17. The molecule has 0 heterocycles. The highest BCUT2D eigenvalue weighted by Crippen LogP contribution is 2.23. The fraction of sp³-hybridized carbons (Fsp3) is 0.211. The molecule has 0 aromatic heterocycles. The summed E-state index contributed by atoms with van der Waals surface area (Å²) in [7, 11) is 0. The van der Waals surface area contributed by atoms with Crippen LogP contribution in [0.25, 0.3) is 0 Å². The van der Waals surface area contributed by atoms with Crippen LogP contribution < -0.4 is 10.6 Å². The van der Waals surface area contributed by atoms with Gasteiger partial charge in [-0.3, -0.25) is 9.59 Å². The first-order chi connectivity index (χ1) is 12.3. The highest BCUT2D eigenvalue weighted by molar-refractivity contribution is 6.33. The minimum absolute atomic E-state index is 0.160.